The molecule has 2 rings (SSSR count). The molecule has 0 saturated heterocycles. The van der Waals surface area contributed by atoms with Crippen LogP contribution in [0.4, 0.5) is 0 Å². The molecule has 0 atom stereocenters. The van der Waals surface area contributed by atoms with Gasteiger partial charge in [0.05, 0.1) is 54.4 Å². The van der Waals surface area contributed by atoms with Gasteiger partial charge in [-0.3, -0.25) is 0 Å². The molecule has 2 nitrogen and oxygen atoms in total. The first-order valence-corrected chi connectivity index (χ1v) is 6.80. The van der Waals surface area contributed by atoms with Gasteiger partial charge in [-0.25, -0.2) is 0 Å². The van der Waals surface area contributed by atoms with Gasteiger partial charge in [-0.2, -0.15) is 0 Å². The highest BCUT2D eigenvalue weighted by molar-refractivity contribution is 4.92. The maximum Gasteiger partial charge on any atom is 0.0889 e. The Morgan fingerprint density at radius 2 is 0.812 bits per heavy atom. The predicted octanol–water partition coefficient (Wildman–Crippen LogP) is 1.96. The van der Waals surface area contributed by atoms with Crippen molar-refractivity contribution in [1.82, 2.24) is 0 Å². The number of nitrogens with zero attached hydrogens (tertiary/aromatic N) is 2. The van der Waals surface area contributed by atoms with Crippen LogP contribution in [0.25, 0.3) is 0 Å². The lowest BCUT2D eigenvalue weighted by atomic mass is 10.0. The molecule has 2 aliphatic carbocycles. The van der Waals surface area contributed by atoms with Gasteiger partial charge in [0.15, 0.2) is 0 Å². The van der Waals surface area contributed by atoms with Gasteiger partial charge in [0.1, 0.15) is 0 Å². The van der Waals surface area contributed by atoms with Crippen molar-refractivity contribution in [2.24, 2.45) is 11.8 Å². The molecule has 0 aliphatic heterocycles. The van der Waals surface area contributed by atoms with Gasteiger partial charge in [-0.1, -0.05) is 0 Å². The molecule has 0 aromatic carbocycles. The van der Waals surface area contributed by atoms with Crippen LogP contribution in [-0.4, -0.2) is 63.3 Å². The molecule has 0 aromatic rings. The third-order valence-corrected chi connectivity index (χ3v) is 5.16. The van der Waals surface area contributed by atoms with E-state index >= 15 is 0 Å². The lowest BCUT2D eigenvalue weighted by molar-refractivity contribution is -0.899. The second-order valence-corrected chi connectivity index (χ2v) is 8.00. The van der Waals surface area contributed by atoms with Crippen LogP contribution in [0.5, 0.6) is 0 Å². The number of hydrogen-bond acceptors (Lipinski definition) is 0. The van der Waals surface area contributed by atoms with E-state index in [-0.39, 0.29) is 0 Å². The Kier molecular flexibility index (Phi) is 2.87. The number of quaternary nitrogens is 2. The van der Waals surface area contributed by atoms with Gasteiger partial charge in [-0.15, -0.1) is 0 Å². The Morgan fingerprint density at radius 3 is 1.00 bits per heavy atom. The van der Waals surface area contributed by atoms with Crippen LogP contribution in [0, 0.1) is 11.8 Å². The maximum absolute atomic E-state index is 2.36. The Bertz CT molecular complexity index is 219. The van der Waals surface area contributed by atoms with Gasteiger partial charge in [0, 0.05) is 25.7 Å². The summed E-state index contributed by atoms with van der Waals surface area (Å²) in [6.45, 7) is 0. The smallest absolute Gasteiger partial charge is 0.0889 e. The third-order valence-electron chi connectivity index (χ3n) is 5.16. The molecule has 0 N–H and O–H groups in total. The highest BCUT2D eigenvalue weighted by atomic mass is 15.3. The summed E-state index contributed by atoms with van der Waals surface area (Å²) in [4.78, 5) is 0. The van der Waals surface area contributed by atoms with E-state index in [0.29, 0.717) is 0 Å². The van der Waals surface area contributed by atoms with Crippen LogP contribution < -0.4 is 0 Å². The standard InChI is InChI=1S/C14H30N2/c1-15(2,3)13-7-11-9-14(16(4,5)6)10-12(11)8-13/h11-14H,7-10H2,1-6H3/q+2. The normalized spacial score (nSPS) is 40.1. The topological polar surface area (TPSA) is 0 Å². The van der Waals surface area contributed by atoms with Gasteiger partial charge in [0.25, 0.3) is 0 Å². The van der Waals surface area contributed by atoms with E-state index in [1.807, 2.05) is 0 Å². The van der Waals surface area contributed by atoms with Crippen molar-refractivity contribution in [3.63, 3.8) is 0 Å². The van der Waals surface area contributed by atoms with Gasteiger partial charge >= 0.3 is 0 Å². The summed E-state index contributed by atoms with van der Waals surface area (Å²) in [5.41, 5.74) is 0. The molecule has 94 valence electrons. The van der Waals surface area contributed by atoms with Crippen molar-refractivity contribution in [1.29, 1.82) is 0 Å². The van der Waals surface area contributed by atoms with E-state index in [0.717, 1.165) is 23.9 Å². The van der Waals surface area contributed by atoms with Crippen molar-refractivity contribution >= 4 is 0 Å². The van der Waals surface area contributed by atoms with E-state index in [2.05, 4.69) is 42.3 Å². The molecule has 2 saturated carbocycles. The number of rotatable bonds is 2. The van der Waals surface area contributed by atoms with Crippen molar-refractivity contribution in [3.8, 4) is 0 Å². The Balaban J connectivity index is 1.96. The van der Waals surface area contributed by atoms with Crippen LogP contribution in [0.3, 0.4) is 0 Å². The summed E-state index contributed by atoms with van der Waals surface area (Å²) in [5, 5.41) is 0. The SMILES string of the molecule is C[N+](C)(C)C1CC2CC([N+](C)(C)C)CC2C1. The molecule has 0 bridgehead atoms. The fourth-order valence-electron chi connectivity index (χ4n) is 3.82. The van der Waals surface area contributed by atoms with Crippen molar-refractivity contribution in [3.05, 3.63) is 0 Å². The van der Waals surface area contributed by atoms with E-state index in [1.54, 1.807) is 0 Å². The van der Waals surface area contributed by atoms with Gasteiger partial charge in [0.2, 0.25) is 0 Å². The van der Waals surface area contributed by atoms with Crippen LogP contribution in [0.2, 0.25) is 0 Å². The van der Waals surface area contributed by atoms with E-state index in [1.165, 1.54) is 34.6 Å². The molecule has 2 fully saturated rings. The first kappa shape index (κ1) is 12.4. The number of fused-ring (bicyclic) bond motifs is 1. The second kappa shape index (κ2) is 3.71. The minimum Gasteiger partial charge on any atom is -0.328 e. The fraction of sp³-hybridized carbons (Fsp3) is 1.00. The van der Waals surface area contributed by atoms with Crippen molar-refractivity contribution in [2.45, 2.75) is 37.8 Å². The maximum atomic E-state index is 2.36. The van der Waals surface area contributed by atoms with Gasteiger partial charge < -0.3 is 8.97 Å². The molecular formula is C14H30N2+2. The lowest BCUT2D eigenvalue weighted by Gasteiger charge is -2.34. The summed E-state index contributed by atoms with van der Waals surface area (Å²) in [6, 6.07) is 1.84. The first-order valence-electron chi connectivity index (χ1n) is 6.80. The van der Waals surface area contributed by atoms with Crippen LogP contribution in [0.15, 0.2) is 0 Å². The molecular weight excluding hydrogens is 196 g/mol. The summed E-state index contributed by atoms with van der Waals surface area (Å²) in [7, 11) is 14.2. The largest absolute Gasteiger partial charge is 0.328 e. The molecule has 16 heavy (non-hydrogen) atoms. The van der Waals surface area contributed by atoms with Gasteiger partial charge in [-0.05, 0) is 11.8 Å². The zero-order valence-corrected chi connectivity index (χ0v) is 12.0. The highest BCUT2D eigenvalue weighted by Crippen LogP contribution is 2.48. The molecule has 0 unspecified atom stereocenters. The average molecular weight is 226 g/mol. The van der Waals surface area contributed by atoms with Crippen LogP contribution in [-0.2, 0) is 0 Å². The summed E-state index contributed by atoms with van der Waals surface area (Å²) >= 11 is 0. The zero-order valence-electron chi connectivity index (χ0n) is 12.0. The van der Waals surface area contributed by atoms with E-state index < -0.39 is 0 Å². The van der Waals surface area contributed by atoms with Crippen molar-refractivity contribution in [2.75, 3.05) is 42.3 Å². The third kappa shape index (κ3) is 2.28. The Hall–Kier alpha value is -0.0800. The van der Waals surface area contributed by atoms with E-state index in [9.17, 15) is 0 Å². The van der Waals surface area contributed by atoms with Crippen LogP contribution in [0.1, 0.15) is 25.7 Å². The quantitative estimate of drug-likeness (QED) is 0.632. The Labute approximate surface area is 101 Å². The average Bonchev–Trinajstić information content (AvgIpc) is 2.53. The minimum atomic E-state index is 0.920. The monoisotopic (exact) mass is 226 g/mol. The first-order chi connectivity index (χ1) is 7.18. The fourth-order valence-corrected chi connectivity index (χ4v) is 3.82. The molecule has 0 aromatic heterocycles. The van der Waals surface area contributed by atoms with Crippen LogP contribution >= 0.6 is 0 Å². The molecule has 2 heteroatoms. The molecule has 0 heterocycles. The summed E-state index contributed by atoms with van der Waals surface area (Å²) < 4.78 is 2.34. The zero-order chi connectivity index (χ0) is 12.1. The highest BCUT2D eigenvalue weighted by Gasteiger charge is 2.49. The molecule has 0 radical (unpaired) electrons. The second-order valence-electron chi connectivity index (χ2n) is 8.00. The lowest BCUT2D eigenvalue weighted by Crippen LogP contribution is -2.46. The molecule has 0 spiro atoms. The molecule has 0 amide bonds. The summed E-state index contributed by atoms with van der Waals surface area (Å²) in [6.07, 6.45) is 5.91. The minimum absolute atomic E-state index is 0.920. The van der Waals surface area contributed by atoms with E-state index in [4.69, 9.17) is 0 Å². The Morgan fingerprint density at radius 1 is 0.562 bits per heavy atom. The summed E-state index contributed by atoms with van der Waals surface area (Å²) in [5.74, 6) is 2.06. The number of hydrogen-bond donors (Lipinski definition) is 0. The predicted molar refractivity (Wildman–Crippen MR) is 69.1 cm³/mol. The van der Waals surface area contributed by atoms with Crippen molar-refractivity contribution < 1.29 is 8.97 Å². The molecule has 2 aliphatic rings.